The van der Waals surface area contributed by atoms with E-state index in [9.17, 15) is 4.79 Å². The van der Waals surface area contributed by atoms with Gasteiger partial charge >= 0.3 is 6.03 Å². The molecular weight excluding hydrogens is 286 g/mol. The van der Waals surface area contributed by atoms with Gasteiger partial charge in [0.1, 0.15) is 0 Å². The van der Waals surface area contributed by atoms with Gasteiger partial charge < -0.3 is 5.32 Å². The minimum Gasteiger partial charge on any atom is -0.337 e. The van der Waals surface area contributed by atoms with E-state index in [1.165, 1.54) is 11.1 Å². The van der Waals surface area contributed by atoms with Crippen molar-refractivity contribution in [3.63, 3.8) is 0 Å². The second kappa shape index (κ2) is 5.77. The number of nitrogens with zero attached hydrogens (tertiary/aromatic N) is 2. The Morgan fingerprint density at radius 3 is 2.57 bits per heavy atom. The molecule has 1 aromatic heterocycles. The summed E-state index contributed by atoms with van der Waals surface area (Å²) in [6.07, 6.45) is 7.07. The molecule has 0 saturated carbocycles. The van der Waals surface area contributed by atoms with Gasteiger partial charge in [-0.05, 0) is 29.3 Å². The van der Waals surface area contributed by atoms with Crippen LogP contribution in [0.5, 0.6) is 0 Å². The summed E-state index contributed by atoms with van der Waals surface area (Å²) in [6, 6.07) is 11.9. The SMILES string of the molecule is C#Cc1cccnc1N1CC(C)(C)CNC1=O.c1cc2cc-2c1. The predicted octanol–water partition coefficient (Wildman–Crippen LogP) is 3.29. The predicted molar refractivity (Wildman–Crippen MR) is 92.1 cm³/mol. The van der Waals surface area contributed by atoms with Crippen LogP contribution in [0.1, 0.15) is 19.4 Å². The Kier molecular flexibility index (Phi) is 3.79. The molecule has 0 bridgehead atoms. The van der Waals surface area contributed by atoms with Crippen LogP contribution in [0.15, 0.2) is 42.6 Å². The summed E-state index contributed by atoms with van der Waals surface area (Å²) in [6.45, 7) is 5.47. The van der Waals surface area contributed by atoms with Gasteiger partial charge in [-0.25, -0.2) is 9.78 Å². The molecule has 0 atom stereocenters. The van der Waals surface area contributed by atoms with Crippen LogP contribution < -0.4 is 10.2 Å². The standard InChI is InChI=1S/C13H15N3O.C6H4/c1-4-10-6-5-7-14-11(10)16-9-13(2,3)8-15-12(16)17;1-2-5-4-6(5)3-1/h1,5-7H,8-9H2,2-3H3,(H,15,17);1-4H. The topological polar surface area (TPSA) is 45.2 Å². The van der Waals surface area contributed by atoms with E-state index in [1.807, 2.05) is 0 Å². The highest BCUT2D eigenvalue weighted by Gasteiger charge is 2.33. The number of hydrogen-bond acceptors (Lipinski definition) is 2. The fourth-order valence-corrected chi connectivity index (χ4v) is 2.54. The molecule has 0 aromatic carbocycles. The molecule has 4 heteroatoms. The van der Waals surface area contributed by atoms with Crippen LogP contribution in [0.3, 0.4) is 0 Å². The summed E-state index contributed by atoms with van der Waals surface area (Å²) < 4.78 is 0. The van der Waals surface area contributed by atoms with Crippen molar-refractivity contribution in [1.82, 2.24) is 10.3 Å². The molecule has 2 heterocycles. The number of anilines is 1. The van der Waals surface area contributed by atoms with Crippen molar-refractivity contribution in [2.45, 2.75) is 13.8 Å². The molecule has 0 radical (unpaired) electrons. The van der Waals surface area contributed by atoms with Gasteiger partial charge in [-0.15, -0.1) is 6.42 Å². The van der Waals surface area contributed by atoms with E-state index in [4.69, 9.17) is 6.42 Å². The molecule has 1 N–H and O–H groups in total. The lowest BCUT2D eigenvalue weighted by atomic mass is 9.91. The molecule has 4 nitrogen and oxygen atoms in total. The number of urea groups is 1. The molecule has 4 rings (SSSR count). The maximum Gasteiger partial charge on any atom is 0.323 e. The third kappa shape index (κ3) is 3.35. The molecule has 1 fully saturated rings. The molecule has 3 aliphatic rings. The number of benzene rings is 1. The maximum atomic E-state index is 11.9. The second-order valence-corrected chi connectivity index (χ2v) is 6.51. The number of carbonyl (C=O) groups is 1. The van der Waals surface area contributed by atoms with Gasteiger partial charge in [0.05, 0.1) is 5.56 Å². The van der Waals surface area contributed by atoms with E-state index in [-0.39, 0.29) is 11.4 Å². The van der Waals surface area contributed by atoms with Crippen LogP contribution in [0, 0.1) is 17.8 Å². The first-order valence-electron chi connectivity index (χ1n) is 7.58. The minimum absolute atomic E-state index is 0.0112. The van der Waals surface area contributed by atoms with Crippen LogP contribution in [-0.2, 0) is 0 Å². The van der Waals surface area contributed by atoms with E-state index >= 15 is 0 Å². The number of amides is 2. The average molecular weight is 305 g/mol. The van der Waals surface area contributed by atoms with Crippen molar-refractivity contribution in [3.8, 4) is 23.5 Å². The summed E-state index contributed by atoms with van der Waals surface area (Å²) >= 11 is 0. The van der Waals surface area contributed by atoms with E-state index in [0.717, 1.165) is 0 Å². The fourth-order valence-electron chi connectivity index (χ4n) is 2.54. The summed E-state index contributed by atoms with van der Waals surface area (Å²) in [5.41, 5.74) is 3.50. The average Bonchev–Trinajstić information content (AvgIpc) is 3.16. The van der Waals surface area contributed by atoms with Gasteiger partial charge in [0.15, 0.2) is 5.82 Å². The summed E-state index contributed by atoms with van der Waals surface area (Å²) in [5, 5.41) is 2.85. The lowest BCUT2D eigenvalue weighted by Crippen LogP contribution is -2.55. The molecule has 1 saturated heterocycles. The Bertz CT molecular complexity index is 772. The summed E-state index contributed by atoms with van der Waals surface area (Å²) in [5.74, 6) is 3.11. The summed E-state index contributed by atoms with van der Waals surface area (Å²) in [7, 11) is 0. The van der Waals surface area contributed by atoms with Crippen LogP contribution in [0.25, 0.3) is 11.1 Å². The molecule has 116 valence electrons. The quantitative estimate of drug-likeness (QED) is 0.701. The Morgan fingerprint density at radius 2 is 2.00 bits per heavy atom. The number of rotatable bonds is 1. The zero-order chi connectivity index (χ0) is 16.4. The van der Waals surface area contributed by atoms with Crippen LogP contribution in [-0.4, -0.2) is 24.1 Å². The highest BCUT2D eigenvalue weighted by atomic mass is 16.2. The second-order valence-electron chi connectivity index (χ2n) is 6.51. The maximum absolute atomic E-state index is 11.9. The van der Waals surface area contributed by atoms with Gasteiger partial charge in [-0.2, -0.15) is 0 Å². The number of carbonyl (C=O) groups excluding carboxylic acids is 1. The van der Waals surface area contributed by atoms with Crippen molar-refractivity contribution < 1.29 is 4.79 Å². The van der Waals surface area contributed by atoms with Gasteiger partial charge in [-0.1, -0.05) is 38.0 Å². The number of aromatic nitrogens is 1. The molecule has 1 aromatic rings. The van der Waals surface area contributed by atoms with Crippen LogP contribution in [0.4, 0.5) is 10.6 Å². The number of hydrogen-bond donors (Lipinski definition) is 1. The largest absolute Gasteiger partial charge is 0.337 e. The van der Waals surface area contributed by atoms with E-state index < -0.39 is 0 Å². The van der Waals surface area contributed by atoms with Crippen molar-refractivity contribution in [3.05, 3.63) is 48.2 Å². The molecular formula is C19H19N3O. The number of pyridine rings is 1. The van der Waals surface area contributed by atoms with Gasteiger partial charge in [0, 0.05) is 24.7 Å². The third-order valence-corrected chi connectivity index (χ3v) is 3.86. The zero-order valence-electron chi connectivity index (χ0n) is 13.3. The van der Waals surface area contributed by atoms with E-state index in [1.54, 1.807) is 23.2 Å². The molecule has 0 spiro atoms. The van der Waals surface area contributed by atoms with Crippen molar-refractivity contribution >= 4 is 11.8 Å². The first-order chi connectivity index (χ1) is 11.0. The van der Waals surface area contributed by atoms with Gasteiger partial charge in [0.2, 0.25) is 0 Å². The van der Waals surface area contributed by atoms with E-state index in [2.05, 4.69) is 54.3 Å². The Morgan fingerprint density at radius 1 is 1.26 bits per heavy atom. The smallest absolute Gasteiger partial charge is 0.323 e. The lowest BCUT2D eigenvalue weighted by molar-refractivity contribution is 0.223. The monoisotopic (exact) mass is 305 g/mol. The number of fused-ring (bicyclic) bond motifs is 1. The van der Waals surface area contributed by atoms with Crippen LogP contribution >= 0.6 is 0 Å². The highest BCUT2D eigenvalue weighted by molar-refractivity contribution is 5.93. The normalized spacial score (nSPS) is 16.6. The van der Waals surface area contributed by atoms with E-state index in [0.29, 0.717) is 24.5 Å². The first-order valence-corrected chi connectivity index (χ1v) is 7.58. The molecule has 2 aliphatic carbocycles. The fraction of sp³-hybridized carbons (Fsp3) is 0.263. The van der Waals surface area contributed by atoms with Crippen molar-refractivity contribution in [2.75, 3.05) is 18.0 Å². The Balaban J connectivity index is 0.000000213. The third-order valence-electron chi connectivity index (χ3n) is 3.86. The van der Waals surface area contributed by atoms with Crippen molar-refractivity contribution in [1.29, 1.82) is 0 Å². The minimum atomic E-state index is -0.139. The van der Waals surface area contributed by atoms with Crippen LogP contribution in [0.2, 0.25) is 0 Å². The zero-order valence-corrected chi connectivity index (χ0v) is 13.3. The van der Waals surface area contributed by atoms with Gasteiger partial charge in [0.25, 0.3) is 0 Å². The summed E-state index contributed by atoms with van der Waals surface area (Å²) in [4.78, 5) is 17.7. The van der Waals surface area contributed by atoms with Crippen molar-refractivity contribution in [2.24, 2.45) is 5.41 Å². The highest BCUT2D eigenvalue weighted by Crippen LogP contribution is 2.32. The Labute approximate surface area is 136 Å². The number of nitrogens with one attached hydrogen (secondary N) is 1. The molecule has 1 aliphatic heterocycles. The molecule has 2 amide bonds. The number of terminal acetylenes is 1. The Hall–Kier alpha value is -2.80. The molecule has 0 unspecified atom stereocenters. The first kappa shape index (κ1) is 15.1. The molecule has 23 heavy (non-hydrogen) atoms. The van der Waals surface area contributed by atoms with Gasteiger partial charge in [-0.3, -0.25) is 4.90 Å². The lowest BCUT2D eigenvalue weighted by Gasteiger charge is -2.37.